The minimum absolute atomic E-state index is 0.218. The third-order valence-corrected chi connectivity index (χ3v) is 2.25. The van der Waals surface area contributed by atoms with E-state index in [-0.39, 0.29) is 22.2 Å². The largest absolute Gasteiger partial charge is 0.323 e. The molecule has 6 heteroatoms. The van der Waals surface area contributed by atoms with Crippen LogP contribution in [0.1, 0.15) is 0 Å². The zero-order valence-corrected chi connectivity index (χ0v) is 8.74. The van der Waals surface area contributed by atoms with Gasteiger partial charge in [0.1, 0.15) is 0 Å². The van der Waals surface area contributed by atoms with Gasteiger partial charge in [-0.05, 0) is 24.3 Å². The summed E-state index contributed by atoms with van der Waals surface area (Å²) < 4.78 is 0. The molecule has 0 fully saturated rings. The quantitative estimate of drug-likeness (QED) is 0.650. The number of amides is 1. The molecule has 0 saturated heterocycles. The van der Waals surface area contributed by atoms with Gasteiger partial charge in [0.25, 0.3) is 11.1 Å². The number of hydrogen-bond acceptors (Lipinski definition) is 3. The second-order valence-corrected chi connectivity index (χ2v) is 3.36. The Hall–Kier alpha value is -2.63. The minimum atomic E-state index is -0.422. The van der Waals surface area contributed by atoms with Gasteiger partial charge in [-0.1, -0.05) is 6.58 Å². The summed E-state index contributed by atoms with van der Waals surface area (Å²) in [6.45, 7) is 3.32. The van der Waals surface area contributed by atoms with E-state index in [2.05, 4.69) is 22.1 Å². The van der Waals surface area contributed by atoms with Gasteiger partial charge in [0.05, 0.1) is 10.8 Å². The van der Waals surface area contributed by atoms with Crippen molar-refractivity contribution in [1.29, 1.82) is 0 Å². The maximum atomic E-state index is 11.5. The van der Waals surface area contributed by atoms with E-state index >= 15 is 0 Å². The first-order valence-electron chi connectivity index (χ1n) is 4.80. The smallest absolute Gasteiger partial charge is 0.270 e. The number of aromatic nitrogens is 2. The van der Waals surface area contributed by atoms with Crippen molar-refractivity contribution in [3.8, 4) is 0 Å². The molecule has 0 unspecified atom stereocenters. The van der Waals surface area contributed by atoms with Gasteiger partial charge >= 0.3 is 0 Å². The van der Waals surface area contributed by atoms with Crippen LogP contribution in [0.25, 0.3) is 10.8 Å². The summed E-state index contributed by atoms with van der Waals surface area (Å²) in [6, 6.07) is 4.45. The van der Waals surface area contributed by atoms with Crippen molar-refractivity contribution < 1.29 is 4.79 Å². The number of nitrogens with one attached hydrogen (secondary N) is 3. The van der Waals surface area contributed by atoms with Crippen molar-refractivity contribution in [2.75, 3.05) is 5.32 Å². The Labute approximate surface area is 95.0 Å². The van der Waals surface area contributed by atoms with Crippen molar-refractivity contribution in [2.45, 2.75) is 0 Å². The molecule has 86 valence electrons. The molecule has 1 heterocycles. The standard InChI is InChI=1S/C11H9N3O3/c1-2-9(15)12-6-3-4-7-8(5-6)11(17)14-13-10(7)16/h2-5H,1H2,(H,12,15)(H,13,16)(H,14,17). The van der Waals surface area contributed by atoms with Crippen molar-refractivity contribution in [2.24, 2.45) is 0 Å². The zero-order valence-electron chi connectivity index (χ0n) is 8.74. The van der Waals surface area contributed by atoms with Crippen LogP contribution in [0.3, 0.4) is 0 Å². The zero-order chi connectivity index (χ0) is 12.4. The maximum absolute atomic E-state index is 11.5. The van der Waals surface area contributed by atoms with E-state index in [0.29, 0.717) is 5.69 Å². The molecular formula is C11H9N3O3. The molecule has 0 aliphatic heterocycles. The first kappa shape index (κ1) is 10.9. The predicted molar refractivity (Wildman–Crippen MR) is 64.0 cm³/mol. The average molecular weight is 231 g/mol. The van der Waals surface area contributed by atoms with Gasteiger partial charge < -0.3 is 5.32 Å². The number of carbonyl (C=O) groups excluding carboxylic acids is 1. The van der Waals surface area contributed by atoms with Gasteiger partial charge in [-0.15, -0.1) is 0 Å². The normalized spacial score (nSPS) is 10.1. The second-order valence-electron chi connectivity index (χ2n) is 3.36. The Bertz CT molecular complexity index is 712. The molecule has 0 spiro atoms. The number of carbonyl (C=O) groups is 1. The topological polar surface area (TPSA) is 94.8 Å². The summed E-state index contributed by atoms with van der Waals surface area (Å²) in [6.07, 6.45) is 1.12. The van der Waals surface area contributed by atoms with Crippen molar-refractivity contribution in [3.05, 3.63) is 51.6 Å². The lowest BCUT2D eigenvalue weighted by Gasteiger charge is -2.02. The molecule has 0 aliphatic carbocycles. The first-order chi connectivity index (χ1) is 8.11. The Morgan fingerprint density at radius 3 is 2.47 bits per heavy atom. The van der Waals surface area contributed by atoms with Crippen LogP contribution in [0, 0.1) is 0 Å². The fraction of sp³-hybridized carbons (Fsp3) is 0. The van der Waals surface area contributed by atoms with Crippen LogP contribution in [0.4, 0.5) is 5.69 Å². The van der Waals surface area contributed by atoms with Crippen LogP contribution in [-0.2, 0) is 4.79 Å². The Kier molecular flexibility index (Phi) is 2.61. The molecule has 0 aliphatic rings. The third-order valence-electron chi connectivity index (χ3n) is 2.25. The molecule has 0 atom stereocenters. The number of aromatic amines is 2. The average Bonchev–Trinajstić information content (AvgIpc) is 2.34. The lowest BCUT2D eigenvalue weighted by molar-refractivity contribution is -0.111. The molecule has 1 amide bonds. The molecule has 2 aromatic rings. The number of benzene rings is 1. The summed E-state index contributed by atoms with van der Waals surface area (Å²) in [5.74, 6) is -0.384. The number of H-pyrrole nitrogens is 2. The molecule has 3 N–H and O–H groups in total. The predicted octanol–water partition coefficient (Wildman–Crippen LogP) is 0.341. The highest BCUT2D eigenvalue weighted by Crippen LogP contribution is 2.12. The monoisotopic (exact) mass is 231 g/mol. The van der Waals surface area contributed by atoms with Gasteiger partial charge in [0.2, 0.25) is 5.91 Å². The van der Waals surface area contributed by atoms with E-state index in [1.807, 2.05) is 0 Å². The fourth-order valence-corrected chi connectivity index (χ4v) is 1.45. The fourth-order valence-electron chi connectivity index (χ4n) is 1.45. The SMILES string of the molecule is C=CC(=O)Nc1ccc2c(=O)[nH][nH]c(=O)c2c1. The van der Waals surface area contributed by atoms with Crippen molar-refractivity contribution >= 4 is 22.4 Å². The van der Waals surface area contributed by atoms with Crippen LogP contribution in [-0.4, -0.2) is 16.1 Å². The number of hydrogen-bond donors (Lipinski definition) is 3. The molecule has 6 nitrogen and oxygen atoms in total. The highest BCUT2D eigenvalue weighted by atomic mass is 16.2. The Morgan fingerprint density at radius 2 is 1.82 bits per heavy atom. The lowest BCUT2D eigenvalue weighted by Crippen LogP contribution is -2.19. The molecule has 17 heavy (non-hydrogen) atoms. The molecule has 1 aromatic heterocycles. The molecule has 2 rings (SSSR count). The Balaban J connectivity index is 2.62. The highest BCUT2D eigenvalue weighted by Gasteiger charge is 2.04. The van der Waals surface area contributed by atoms with Gasteiger partial charge in [-0.25, -0.2) is 0 Å². The van der Waals surface area contributed by atoms with Crippen LogP contribution < -0.4 is 16.4 Å². The maximum Gasteiger partial charge on any atom is 0.270 e. The van der Waals surface area contributed by atoms with Gasteiger partial charge in [0.15, 0.2) is 0 Å². The molecule has 0 saturated carbocycles. The molecule has 0 bridgehead atoms. The Morgan fingerprint density at radius 1 is 1.18 bits per heavy atom. The van der Waals surface area contributed by atoms with E-state index in [0.717, 1.165) is 6.08 Å². The first-order valence-corrected chi connectivity index (χ1v) is 4.80. The number of rotatable bonds is 2. The van der Waals surface area contributed by atoms with Gasteiger partial charge in [0, 0.05) is 5.69 Å². The van der Waals surface area contributed by atoms with Crippen molar-refractivity contribution in [3.63, 3.8) is 0 Å². The third kappa shape index (κ3) is 2.00. The van der Waals surface area contributed by atoms with Crippen LogP contribution in [0.2, 0.25) is 0 Å². The van der Waals surface area contributed by atoms with Crippen LogP contribution in [0.5, 0.6) is 0 Å². The minimum Gasteiger partial charge on any atom is -0.323 e. The highest BCUT2D eigenvalue weighted by molar-refractivity contribution is 6.00. The van der Waals surface area contributed by atoms with E-state index < -0.39 is 5.56 Å². The lowest BCUT2D eigenvalue weighted by atomic mass is 10.2. The van der Waals surface area contributed by atoms with Gasteiger partial charge in [-0.2, -0.15) is 0 Å². The van der Waals surface area contributed by atoms with E-state index in [9.17, 15) is 14.4 Å². The van der Waals surface area contributed by atoms with E-state index in [1.165, 1.54) is 12.1 Å². The summed E-state index contributed by atoms with van der Waals surface area (Å²) in [5, 5.41) is 7.42. The van der Waals surface area contributed by atoms with Gasteiger partial charge in [-0.3, -0.25) is 24.6 Å². The molecule has 0 radical (unpaired) electrons. The van der Waals surface area contributed by atoms with E-state index in [4.69, 9.17) is 0 Å². The van der Waals surface area contributed by atoms with E-state index in [1.54, 1.807) is 6.07 Å². The van der Waals surface area contributed by atoms with Crippen molar-refractivity contribution in [1.82, 2.24) is 10.2 Å². The van der Waals surface area contributed by atoms with Crippen LogP contribution >= 0.6 is 0 Å². The summed E-state index contributed by atoms with van der Waals surface area (Å²) in [7, 11) is 0. The summed E-state index contributed by atoms with van der Waals surface area (Å²) in [5.41, 5.74) is -0.381. The second kappa shape index (κ2) is 4.09. The van der Waals surface area contributed by atoms with Crippen LogP contribution in [0.15, 0.2) is 40.4 Å². The summed E-state index contributed by atoms with van der Waals surface area (Å²) in [4.78, 5) is 34.0. The number of fused-ring (bicyclic) bond motifs is 1. The molecular weight excluding hydrogens is 222 g/mol. The number of anilines is 1. The molecule has 1 aromatic carbocycles. The summed E-state index contributed by atoms with van der Waals surface area (Å²) >= 11 is 0.